The molecule has 0 aliphatic heterocycles. The van der Waals surface area contributed by atoms with Crippen LogP contribution in [0.4, 0.5) is 5.69 Å². The molecule has 0 saturated carbocycles. The molecule has 6 nitrogen and oxygen atoms in total. The normalized spacial score (nSPS) is 10.8. The first-order chi connectivity index (χ1) is 16.4. The van der Waals surface area contributed by atoms with Gasteiger partial charge in [-0.25, -0.2) is 4.79 Å². The third-order valence-electron chi connectivity index (χ3n) is 4.60. The lowest BCUT2D eigenvalue weighted by atomic mass is 10.1. The highest BCUT2D eigenvalue weighted by molar-refractivity contribution is 14.1. The topological polar surface area (TPSA) is 88.4 Å². The van der Waals surface area contributed by atoms with Crippen molar-refractivity contribution in [3.8, 4) is 11.8 Å². The summed E-state index contributed by atoms with van der Waals surface area (Å²) in [5.41, 5.74) is 2.32. The van der Waals surface area contributed by atoms with Crippen LogP contribution in [0.2, 0.25) is 0 Å². The molecule has 0 aromatic heterocycles. The number of hydrogen-bond acceptors (Lipinski definition) is 5. The van der Waals surface area contributed by atoms with E-state index in [0.29, 0.717) is 29.2 Å². The minimum atomic E-state index is -0.574. The predicted molar refractivity (Wildman–Crippen MR) is 142 cm³/mol. The Bertz CT molecular complexity index is 1250. The van der Waals surface area contributed by atoms with Crippen LogP contribution in [-0.4, -0.2) is 18.5 Å². The van der Waals surface area contributed by atoms with Crippen LogP contribution < -0.4 is 10.1 Å². The van der Waals surface area contributed by atoms with E-state index >= 15 is 0 Å². The molecule has 172 valence electrons. The summed E-state index contributed by atoms with van der Waals surface area (Å²) in [6, 6.07) is 21.6. The van der Waals surface area contributed by atoms with Crippen LogP contribution in [0.3, 0.4) is 0 Å². The van der Waals surface area contributed by atoms with E-state index in [4.69, 9.17) is 9.47 Å². The lowest BCUT2D eigenvalue weighted by Gasteiger charge is -2.11. The molecule has 0 bridgehead atoms. The number of rotatable bonds is 8. The number of nitrogens with zero attached hydrogens (tertiary/aromatic N) is 1. The van der Waals surface area contributed by atoms with Gasteiger partial charge in [0.1, 0.15) is 24.0 Å². The summed E-state index contributed by atoms with van der Waals surface area (Å²) >= 11 is 5.67. The maximum atomic E-state index is 12.7. The standard InChI is InChI=1S/C26H20BrIN2O4/c1-2-33-26(32)18-5-10-23(11-6-18)30-25(31)20(15-29)13-19-14-21(27)7-12-24(19)34-16-17-3-8-22(28)9-4-17/h3-14H,2,16H2,1H3,(H,30,31)/b20-13+. The molecule has 0 radical (unpaired) electrons. The number of esters is 1. The Morgan fingerprint density at radius 3 is 2.44 bits per heavy atom. The molecule has 0 heterocycles. The summed E-state index contributed by atoms with van der Waals surface area (Å²) in [5, 5.41) is 12.3. The smallest absolute Gasteiger partial charge is 0.338 e. The molecule has 1 amide bonds. The van der Waals surface area contributed by atoms with Crippen LogP contribution in [0.1, 0.15) is 28.4 Å². The molecule has 1 N–H and O–H groups in total. The quantitative estimate of drug-likeness (QED) is 0.136. The summed E-state index contributed by atoms with van der Waals surface area (Å²) in [5.74, 6) is -0.471. The van der Waals surface area contributed by atoms with Crippen molar-refractivity contribution in [1.29, 1.82) is 5.26 Å². The van der Waals surface area contributed by atoms with E-state index in [1.807, 2.05) is 36.4 Å². The number of ether oxygens (including phenoxy) is 2. The fourth-order valence-electron chi connectivity index (χ4n) is 2.91. The van der Waals surface area contributed by atoms with Gasteiger partial charge in [0.05, 0.1) is 12.2 Å². The van der Waals surface area contributed by atoms with E-state index in [1.54, 1.807) is 43.3 Å². The molecule has 0 aliphatic carbocycles. The van der Waals surface area contributed by atoms with Gasteiger partial charge >= 0.3 is 5.97 Å². The van der Waals surface area contributed by atoms with Crippen molar-refractivity contribution in [1.82, 2.24) is 0 Å². The van der Waals surface area contributed by atoms with Crippen molar-refractivity contribution >= 4 is 62.2 Å². The number of nitriles is 1. The monoisotopic (exact) mass is 630 g/mol. The minimum Gasteiger partial charge on any atom is -0.488 e. The first kappa shape index (κ1) is 25.5. The number of anilines is 1. The maximum Gasteiger partial charge on any atom is 0.338 e. The highest BCUT2D eigenvalue weighted by atomic mass is 127. The molecular weight excluding hydrogens is 611 g/mol. The van der Waals surface area contributed by atoms with E-state index in [1.165, 1.54) is 6.08 Å². The summed E-state index contributed by atoms with van der Waals surface area (Å²) in [4.78, 5) is 24.5. The Kier molecular flexibility index (Phi) is 9.24. The lowest BCUT2D eigenvalue weighted by molar-refractivity contribution is -0.112. The largest absolute Gasteiger partial charge is 0.488 e. The molecule has 0 fully saturated rings. The zero-order chi connectivity index (χ0) is 24.5. The van der Waals surface area contributed by atoms with Crippen molar-refractivity contribution < 1.29 is 19.1 Å². The number of carbonyl (C=O) groups excluding carboxylic acids is 2. The molecule has 34 heavy (non-hydrogen) atoms. The van der Waals surface area contributed by atoms with Crippen molar-refractivity contribution in [3.05, 3.63) is 97.0 Å². The van der Waals surface area contributed by atoms with Gasteiger partial charge in [-0.2, -0.15) is 5.26 Å². The Hall–Kier alpha value is -3.16. The SMILES string of the molecule is CCOC(=O)c1ccc(NC(=O)/C(C#N)=C/c2cc(Br)ccc2OCc2ccc(I)cc2)cc1. The molecule has 0 saturated heterocycles. The van der Waals surface area contributed by atoms with E-state index < -0.39 is 11.9 Å². The molecule has 3 aromatic rings. The molecule has 0 unspecified atom stereocenters. The molecule has 3 rings (SSSR count). The Morgan fingerprint density at radius 1 is 1.09 bits per heavy atom. The number of amides is 1. The first-order valence-electron chi connectivity index (χ1n) is 10.3. The highest BCUT2D eigenvalue weighted by Gasteiger charge is 2.13. The molecule has 0 atom stereocenters. The summed E-state index contributed by atoms with van der Waals surface area (Å²) in [6.45, 7) is 2.35. The summed E-state index contributed by atoms with van der Waals surface area (Å²) in [6.07, 6.45) is 1.48. The Balaban J connectivity index is 1.76. The minimum absolute atomic E-state index is 0.0910. The number of nitrogens with one attached hydrogen (secondary N) is 1. The van der Waals surface area contributed by atoms with E-state index in [0.717, 1.165) is 13.6 Å². The van der Waals surface area contributed by atoms with Crippen LogP contribution in [0.5, 0.6) is 5.75 Å². The van der Waals surface area contributed by atoms with Crippen LogP contribution in [-0.2, 0) is 16.1 Å². The summed E-state index contributed by atoms with van der Waals surface area (Å²) < 4.78 is 12.8. The maximum absolute atomic E-state index is 12.7. The summed E-state index contributed by atoms with van der Waals surface area (Å²) in [7, 11) is 0. The molecule has 0 spiro atoms. The number of hydrogen-bond donors (Lipinski definition) is 1. The highest BCUT2D eigenvalue weighted by Crippen LogP contribution is 2.27. The third-order valence-corrected chi connectivity index (χ3v) is 5.81. The average Bonchev–Trinajstić information content (AvgIpc) is 2.83. The van der Waals surface area contributed by atoms with Gasteiger partial charge in [0, 0.05) is 19.3 Å². The average molecular weight is 631 g/mol. The second-order valence-electron chi connectivity index (χ2n) is 7.02. The van der Waals surface area contributed by atoms with Crippen molar-refractivity contribution in [2.75, 3.05) is 11.9 Å². The van der Waals surface area contributed by atoms with Gasteiger partial charge in [0.2, 0.25) is 0 Å². The van der Waals surface area contributed by atoms with Gasteiger partial charge in [0.25, 0.3) is 5.91 Å². The number of halogens is 2. The van der Waals surface area contributed by atoms with Gasteiger partial charge < -0.3 is 14.8 Å². The van der Waals surface area contributed by atoms with Gasteiger partial charge in [-0.15, -0.1) is 0 Å². The van der Waals surface area contributed by atoms with Crippen LogP contribution in [0, 0.1) is 14.9 Å². The first-order valence-corrected chi connectivity index (χ1v) is 12.1. The Labute approximate surface area is 219 Å². The molecule has 0 aliphatic rings. The third kappa shape index (κ3) is 7.17. The zero-order valence-electron chi connectivity index (χ0n) is 18.2. The second kappa shape index (κ2) is 12.3. The van der Waals surface area contributed by atoms with Crippen molar-refractivity contribution in [3.63, 3.8) is 0 Å². The van der Waals surface area contributed by atoms with Crippen LogP contribution in [0.15, 0.2) is 76.8 Å². The van der Waals surface area contributed by atoms with Gasteiger partial charge in [-0.05, 0) is 95.8 Å². The van der Waals surface area contributed by atoms with Crippen molar-refractivity contribution in [2.45, 2.75) is 13.5 Å². The molecular formula is C26H20BrIN2O4. The van der Waals surface area contributed by atoms with Crippen molar-refractivity contribution in [2.24, 2.45) is 0 Å². The van der Waals surface area contributed by atoms with E-state index in [2.05, 4.69) is 43.8 Å². The molecule has 3 aromatic carbocycles. The number of carbonyl (C=O) groups is 2. The fourth-order valence-corrected chi connectivity index (χ4v) is 3.65. The fraction of sp³-hybridized carbons (Fsp3) is 0.115. The van der Waals surface area contributed by atoms with Gasteiger partial charge in [-0.1, -0.05) is 28.1 Å². The number of benzene rings is 3. The van der Waals surface area contributed by atoms with E-state index in [-0.39, 0.29) is 12.2 Å². The van der Waals surface area contributed by atoms with Crippen LogP contribution in [0.25, 0.3) is 6.08 Å². The van der Waals surface area contributed by atoms with Crippen LogP contribution >= 0.6 is 38.5 Å². The van der Waals surface area contributed by atoms with E-state index in [9.17, 15) is 14.9 Å². The van der Waals surface area contributed by atoms with Gasteiger partial charge in [0.15, 0.2) is 0 Å². The molecule has 8 heteroatoms. The second-order valence-corrected chi connectivity index (χ2v) is 9.18. The zero-order valence-corrected chi connectivity index (χ0v) is 21.9. The lowest BCUT2D eigenvalue weighted by Crippen LogP contribution is -2.14. The Morgan fingerprint density at radius 2 is 1.79 bits per heavy atom. The predicted octanol–water partition coefficient (Wildman–Crippen LogP) is 6.36. The van der Waals surface area contributed by atoms with Gasteiger partial charge in [-0.3, -0.25) is 4.79 Å².